The van der Waals surface area contributed by atoms with E-state index in [-0.39, 0.29) is 19.2 Å². The van der Waals surface area contributed by atoms with Crippen LogP contribution in [0.3, 0.4) is 0 Å². The van der Waals surface area contributed by atoms with Crippen LogP contribution >= 0.6 is 0 Å². The maximum atomic E-state index is 6.00. The average Bonchev–Trinajstić information content (AvgIpc) is 2.83. The lowest BCUT2D eigenvalue weighted by Gasteiger charge is -2.20. The molecule has 1 fully saturated rings. The van der Waals surface area contributed by atoms with E-state index in [0.29, 0.717) is 0 Å². The smallest absolute Gasteiger partial charge is 0.377 e. The maximum absolute atomic E-state index is 6.00. The van der Waals surface area contributed by atoms with Crippen LogP contribution in [0.15, 0.2) is 60.7 Å². The molecule has 1 N–H and O–H groups in total. The van der Waals surface area contributed by atoms with Crippen LogP contribution in [-0.2, 0) is 4.65 Å². The largest absolute Gasteiger partial charge is 0.413 e. The molecule has 0 radical (unpaired) electrons. The number of nitrogens with one attached hydrogen (secondary N) is 1. The molecule has 0 unspecified atom stereocenters. The highest BCUT2D eigenvalue weighted by Gasteiger charge is 2.36. The Balaban J connectivity index is 1.93. The lowest BCUT2D eigenvalue weighted by Crippen LogP contribution is -2.26. The third kappa shape index (κ3) is 2.19. The zero-order valence-corrected chi connectivity index (χ0v) is 10.4. The molecular formula is C15H16BNO. The normalized spacial score (nSPS) is 23.3. The fourth-order valence-corrected chi connectivity index (χ4v) is 2.52. The van der Waals surface area contributed by atoms with Crippen LogP contribution in [-0.4, -0.2) is 7.05 Å². The number of hydrogen-bond acceptors (Lipinski definition) is 2. The highest BCUT2D eigenvalue weighted by Crippen LogP contribution is 2.36. The molecule has 3 rings (SSSR count). The van der Waals surface area contributed by atoms with Gasteiger partial charge in [0.15, 0.2) is 0 Å². The minimum atomic E-state index is 0.0837. The standard InChI is InChI=1S/C15H16BNO/c1-16-17-14(12-8-4-2-5-9-12)15(18-16)13-10-6-3-7-11-13/h2-11,14-15,17H,1H3/t14-,15+/m1/s1. The van der Waals surface area contributed by atoms with E-state index >= 15 is 0 Å². The third-order valence-electron chi connectivity index (χ3n) is 3.35. The first-order chi connectivity index (χ1) is 8.84. The van der Waals surface area contributed by atoms with Crippen molar-refractivity contribution in [2.24, 2.45) is 0 Å². The summed E-state index contributed by atoms with van der Waals surface area (Å²) in [6.07, 6.45) is 0.0867. The second kappa shape index (κ2) is 4.97. The third-order valence-corrected chi connectivity index (χ3v) is 3.35. The van der Waals surface area contributed by atoms with Crippen LogP contribution in [0, 0.1) is 0 Å². The van der Waals surface area contributed by atoms with Crippen molar-refractivity contribution in [3.05, 3.63) is 71.8 Å². The summed E-state index contributed by atoms with van der Waals surface area (Å²) in [4.78, 5) is 0. The van der Waals surface area contributed by atoms with Gasteiger partial charge in [-0.2, -0.15) is 0 Å². The first-order valence-corrected chi connectivity index (χ1v) is 6.36. The molecule has 2 aromatic carbocycles. The summed E-state index contributed by atoms with van der Waals surface area (Å²) >= 11 is 0. The van der Waals surface area contributed by atoms with E-state index in [1.165, 1.54) is 11.1 Å². The molecule has 0 spiro atoms. The Labute approximate surface area is 108 Å². The highest BCUT2D eigenvalue weighted by atomic mass is 16.5. The molecule has 2 nitrogen and oxygen atoms in total. The van der Waals surface area contributed by atoms with Gasteiger partial charge in [-0.1, -0.05) is 60.7 Å². The van der Waals surface area contributed by atoms with Gasteiger partial charge in [0.25, 0.3) is 0 Å². The van der Waals surface area contributed by atoms with Crippen LogP contribution in [0.4, 0.5) is 0 Å². The van der Waals surface area contributed by atoms with Crippen molar-refractivity contribution in [1.29, 1.82) is 0 Å². The summed E-state index contributed by atoms with van der Waals surface area (Å²) in [6, 6.07) is 21.1. The van der Waals surface area contributed by atoms with Gasteiger partial charge in [0.2, 0.25) is 0 Å². The molecule has 2 aromatic rings. The molecule has 1 aliphatic heterocycles. The molecule has 0 bridgehead atoms. The molecule has 0 saturated carbocycles. The maximum Gasteiger partial charge on any atom is 0.377 e. The predicted octanol–water partition coefficient (Wildman–Crippen LogP) is 3.21. The lowest BCUT2D eigenvalue weighted by molar-refractivity contribution is 0.216. The van der Waals surface area contributed by atoms with E-state index in [0.717, 1.165) is 0 Å². The Kier molecular flexibility index (Phi) is 3.18. The zero-order chi connectivity index (χ0) is 12.4. The molecule has 0 aromatic heterocycles. The minimum absolute atomic E-state index is 0.0837. The van der Waals surface area contributed by atoms with Gasteiger partial charge in [-0.25, -0.2) is 0 Å². The molecule has 18 heavy (non-hydrogen) atoms. The number of hydrogen-bond donors (Lipinski definition) is 1. The Bertz CT molecular complexity index is 455. The summed E-state index contributed by atoms with van der Waals surface area (Å²) in [5.74, 6) is 0. The van der Waals surface area contributed by atoms with Crippen molar-refractivity contribution >= 4 is 7.05 Å². The highest BCUT2D eigenvalue weighted by molar-refractivity contribution is 6.48. The molecule has 1 saturated heterocycles. The van der Waals surface area contributed by atoms with Gasteiger partial charge >= 0.3 is 7.05 Å². The Morgan fingerprint density at radius 2 is 1.44 bits per heavy atom. The fourth-order valence-electron chi connectivity index (χ4n) is 2.52. The average molecular weight is 237 g/mol. The monoisotopic (exact) mass is 237 g/mol. The fraction of sp³-hybridized carbons (Fsp3) is 0.200. The molecule has 0 amide bonds. The van der Waals surface area contributed by atoms with Crippen LogP contribution in [0.2, 0.25) is 6.82 Å². The second-order valence-corrected chi connectivity index (χ2v) is 4.66. The second-order valence-electron chi connectivity index (χ2n) is 4.66. The Morgan fingerprint density at radius 1 is 0.889 bits per heavy atom. The van der Waals surface area contributed by atoms with Crippen molar-refractivity contribution in [2.75, 3.05) is 0 Å². The summed E-state index contributed by atoms with van der Waals surface area (Å²) in [5, 5.41) is 3.50. The lowest BCUT2D eigenvalue weighted by atomic mass is 9.88. The van der Waals surface area contributed by atoms with E-state index in [9.17, 15) is 0 Å². The summed E-state index contributed by atoms with van der Waals surface area (Å²) in [5.41, 5.74) is 2.50. The van der Waals surface area contributed by atoms with Gasteiger partial charge in [-0.3, -0.25) is 0 Å². The Morgan fingerprint density at radius 3 is 2.06 bits per heavy atom. The van der Waals surface area contributed by atoms with Gasteiger partial charge in [-0.05, 0) is 17.9 Å². The van der Waals surface area contributed by atoms with Crippen molar-refractivity contribution in [3.63, 3.8) is 0 Å². The molecule has 90 valence electrons. The summed E-state index contributed by atoms with van der Waals surface area (Å²) < 4.78 is 6.00. The van der Waals surface area contributed by atoms with Gasteiger partial charge in [0, 0.05) is 0 Å². The van der Waals surface area contributed by atoms with Crippen molar-refractivity contribution in [2.45, 2.75) is 19.0 Å². The minimum Gasteiger partial charge on any atom is -0.413 e. The number of rotatable bonds is 2. The van der Waals surface area contributed by atoms with Crippen LogP contribution in [0.5, 0.6) is 0 Å². The van der Waals surface area contributed by atoms with Gasteiger partial charge in [-0.15, -0.1) is 0 Å². The quantitative estimate of drug-likeness (QED) is 0.809. The molecular weight excluding hydrogens is 221 g/mol. The van der Waals surface area contributed by atoms with E-state index < -0.39 is 0 Å². The van der Waals surface area contributed by atoms with Gasteiger partial charge < -0.3 is 9.88 Å². The first-order valence-electron chi connectivity index (χ1n) is 6.36. The van der Waals surface area contributed by atoms with Crippen LogP contribution in [0.1, 0.15) is 23.3 Å². The van der Waals surface area contributed by atoms with E-state index in [1.807, 2.05) is 12.1 Å². The molecule has 2 atom stereocenters. The van der Waals surface area contributed by atoms with E-state index in [1.54, 1.807) is 0 Å². The predicted molar refractivity (Wildman–Crippen MR) is 74.2 cm³/mol. The van der Waals surface area contributed by atoms with Crippen LogP contribution < -0.4 is 5.23 Å². The van der Waals surface area contributed by atoms with Gasteiger partial charge in [0.05, 0.1) is 12.1 Å². The summed E-state index contributed by atoms with van der Waals surface area (Å²) in [7, 11) is 0.0837. The first kappa shape index (κ1) is 11.5. The molecule has 0 aliphatic carbocycles. The topological polar surface area (TPSA) is 21.3 Å². The Hall–Kier alpha value is -1.58. The van der Waals surface area contributed by atoms with E-state index in [4.69, 9.17) is 4.65 Å². The van der Waals surface area contributed by atoms with Crippen LogP contribution in [0.25, 0.3) is 0 Å². The molecule has 1 heterocycles. The van der Waals surface area contributed by atoms with Gasteiger partial charge in [0.1, 0.15) is 0 Å². The molecule has 1 aliphatic rings. The zero-order valence-electron chi connectivity index (χ0n) is 10.4. The SMILES string of the molecule is CB1N[C@H](c2ccccc2)[C@H](c2ccccc2)O1. The van der Waals surface area contributed by atoms with Crippen molar-refractivity contribution in [1.82, 2.24) is 5.23 Å². The number of benzene rings is 2. The van der Waals surface area contributed by atoms with E-state index in [2.05, 4.69) is 60.6 Å². The summed E-state index contributed by atoms with van der Waals surface area (Å²) in [6.45, 7) is 2.05. The van der Waals surface area contributed by atoms with Crippen molar-refractivity contribution in [3.8, 4) is 0 Å². The van der Waals surface area contributed by atoms with Crippen molar-refractivity contribution < 1.29 is 4.65 Å². The molecule has 3 heteroatoms.